The Morgan fingerprint density at radius 3 is 2.71 bits per heavy atom. The van der Waals surface area contributed by atoms with Crippen molar-refractivity contribution in [2.75, 3.05) is 0 Å². The van der Waals surface area contributed by atoms with Gasteiger partial charge in [-0.25, -0.2) is 4.39 Å². The van der Waals surface area contributed by atoms with E-state index in [1.807, 2.05) is 25.1 Å². The molecule has 1 aromatic carbocycles. The molecule has 0 N–H and O–H groups in total. The van der Waals surface area contributed by atoms with Crippen LogP contribution >= 0.6 is 0 Å². The first kappa shape index (κ1) is 11.6. The van der Waals surface area contributed by atoms with E-state index in [0.717, 1.165) is 11.4 Å². The Hall–Kier alpha value is -1.90. The van der Waals surface area contributed by atoms with E-state index in [9.17, 15) is 4.39 Å². The summed E-state index contributed by atoms with van der Waals surface area (Å²) in [5.74, 6) is 0.443. The van der Waals surface area contributed by atoms with E-state index in [1.54, 1.807) is 19.1 Å². The molecule has 0 amide bonds. The van der Waals surface area contributed by atoms with Gasteiger partial charge in [0.1, 0.15) is 18.2 Å². The van der Waals surface area contributed by atoms with Crippen LogP contribution in [0.15, 0.2) is 36.4 Å². The van der Waals surface area contributed by atoms with Crippen LogP contribution in [-0.4, -0.2) is 4.98 Å². The fraction of sp³-hybridized carbons (Fsp3) is 0.214. The number of rotatable bonds is 3. The summed E-state index contributed by atoms with van der Waals surface area (Å²) in [7, 11) is 0. The summed E-state index contributed by atoms with van der Waals surface area (Å²) in [6.45, 7) is 4.05. The maximum atomic E-state index is 13.0. The van der Waals surface area contributed by atoms with Crippen LogP contribution in [0.2, 0.25) is 0 Å². The number of halogens is 1. The molecular formula is C14H14FNO. The van der Waals surface area contributed by atoms with Gasteiger partial charge in [-0.1, -0.05) is 6.07 Å². The highest BCUT2D eigenvalue weighted by atomic mass is 19.1. The number of aryl methyl sites for hydroxylation is 2. The quantitative estimate of drug-likeness (QED) is 0.807. The first-order valence-electron chi connectivity index (χ1n) is 5.46. The van der Waals surface area contributed by atoms with Crippen molar-refractivity contribution in [3.8, 4) is 5.75 Å². The van der Waals surface area contributed by atoms with E-state index in [1.165, 1.54) is 6.07 Å². The third-order valence-corrected chi connectivity index (χ3v) is 2.46. The zero-order valence-electron chi connectivity index (χ0n) is 9.90. The fourth-order valence-electron chi connectivity index (χ4n) is 1.54. The summed E-state index contributed by atoms with van der Waals surface area (Å²) in [5.41, 5.74) is 2.41. The second-order valence-corrected chi connectivity index (χ2v) is 3.97. The maximum Gasteiger partial charge on any atom is 0.130 e. The predicted octanol–water partition coefficient (Wildman–Crippen LogP) is 3.42. The standard InChI is InChI=1S/C14H14FNO/c1-10-8-13(6-7-14(10)15)17-9-12-5-3-4-11(2)16-12/h3-8H,9H2,1-2H3. The third-order valence-electron chi connectivity index (χ3n) is 2.46. The first-order chi connectivity index (χ1) is 8.15. The van der Waals surface area contributed by atoms with Crippen LogP contribution in [0.5, 0.6) is 5.75 Å². The van der Waals surface area contributed by atoms with Gasteiger partial charge in [-0.15, -0.1) is 0 Å². The van der Waals surface area contributed by atoms with Gasteiger partial charge in [-0.3, -0.25) is 4.98 Å². The van der Waals surface area contributed by atoms with Gasteiger partial charge in [-0.05, 0) is 49.7 Å². The Kier molecular flexibility index (Phi) is 3.38. The fourth-order valence-corrected chi connectivity index (χ4v) is 1.54. The van der Waals surface area contributed by atoms with E-state index in [4.69, 9.17) is 4.74 Å². The van der Waals surface area contributed by atoms with Gasteiger partial charge in [0.05, 0.1) is 5.69 Å². The molecule has 0 saturated heterocycles. The lowest BCUT2D eigenvalue weighted by Gasteiger charge is -2.07. The molecule has 3 heteroatoms. The molecule has 0 radical (unpaired) electrons. The number of hydrogen-bond donors (Lipinski definition) is 0. The summed E-state index contributed by atoms with van der Waals surface area (Å²) in [6.07, 6.45) is 0. The number of aromatic nitrogens is 1. The average molecular weight is 231 g/mol. The summed E-state index contributed by atoms with van der Waals surface area (Å²) in [5, 5.41) is 0. The third kappa shape index (κ3) is 3.03. The normalized spacial score (nSPS) is 10.3. The number of benzene rings is 1. The van der Waals surface area contributed by atoms with E-state index < -0.39 is 0 Å². The average Bonchev–Trinajstić information content (AvgIpc) is 2.31. The van der Waals surface area contributed by atoms with Gasteiger partial charge in [0.2, 0.25) is 0 Å². The number of pyridine rings is 1. The van der Waals surface area contributed by atoms with Gasteiger partial charge in [0, 0.05) is 5.69 Å². The topological polar surface area (TPSA) is 22.1 Å². The predicted molar refractivity (Wildman–Crippen MR) is 64.4 cm³/mol. The molecule has 0 aliphatic carbocycles. The highest BCUT2D eigenvalue weighted by Crippen LogP contribution is 2.17. The van der Waals surface area contributed by atoms with Crippen LogP contribution in [0.1, 0.15) is 17.0 Å². The molecule has 2 aromatic rings. The van der Waals surface area contributed by atoms with Gasteiger partial charge in [0.25, 0.3) is 0 Å². The number of nitrogens with zero attached hydrogens (tertiary/aromatic N) is 1. The first-order valence-corrected chi connectivity index (χ1v) is 5.46. The molecule has 0 bridgehead atoms. The van der Waals surface area contributed by atoms with Crippen LogP contribution < -0.4 is 4.74 Å². The van der Waals surface area contributed by atoms with E-state index >= 15 is 0 Å². The van der Waals surface area contributed by atoms with Crippen LogP contribution in [0.4, 0.5) is 4.39 Å². The Morgan fingerprint density at radius 2 is 2.00 bits per heavy atom. The summed E-state index contributed by atoms with van der Waals surface area (Å²) >= 11 is 0. The van der Waals surface area contributed by atoms with Crippen molar-refractivity contribution in [2.45, 2.75) is 20.5 Å². The maximum absolute atomic E-state index is 13.0. The number of ether oxygens (including phenoxy) is 1. The molecule has 0 atom stereocenters. The lowest BCUT2D eigenvalue weighted by Crippen LogP contribution is -1.99. The van der Waals surface area contributed by atoms with Crippen LogP contribution in [0.3, 0.4) is 0 Å². The minimum atomic E-state index is -0.217. The molecule has 88 valence electrons. The molecule has 1 aromatic heterocycles. The summed E-state index contributed by atoms with van der Waals surface area (Å²) in [4.78, 5) is 4.33. The molecule has 0 aliphatic rings. The van der Waals surface area contributed by atoms with Crippen LogP contribution in [-0.2, 0) is 6.61 Å². The summed E-state index contributed by atoms with van der Waals surface area (Å²) < 4.78 is 18.6. The van der Waals surface area contributed by atoms with Crippen molar-refractivity contribution in [1.29, 1.82) is 0 Å². The minimum Gasteiger partial charge on any atom is -0.487 e. The molecule has 0 unspecified atom stereocenters. The van der Waals surface area contributed by atoms with Crippen LogP contribution in [0.25, 0.3) is 0 Å². The van der Waals surface area contributed by atoms with E-state index in [2.05, 4.69) is 4.98 Å². The van der Waals surface area contributed by atoms with Crippen molar-refractivity contribution in [3.05, 3.63) is 59.2 Å². The SMILES string of the molecule is Cc1cccc(COc2ccc(F)c(C)c2)n1. The highest BCUT2D eigenvalue weighted by Gasteiger charge is 2.01. The van der Waals surface area contributed by atoms with Crippen molar-refractivity contribution in [3.63, 3.8) is 0 Å². The minimum absolute atomic E-state index is 0.217. The number of hydrogen-bond acceptors (Lipinski definition) is 2. The molecule has 2 rings (SSSR count). The van der Waals surface area contributed by atoms with Gasteiger partial charge in [-0.2, -0.15) is 0 Å². The lowest BCUT2D eigenvalue weighted by atomic mass is 10.2. The molecule has 1 heterocycles. The smallest absolute Gasteiger partial charge is 0.130 e. The molecule has 2 nitrogen and oxygen atoms in total. The molecule has 0 saturated carbocycles. The van der Waals surface area contributed by atoms with Crippen molar-refractivity contribution in [2.24, 2.45) is 0 Å². The molecule has 0 spiro atoms. The Bertz CT molecular complexity index is 525. The van der Waals surface area contributed by atoms with Crippen molar-refractivity contribution < 1.29 is 9.13 Å². The molecular weight excluding hydrogens is 217 g/mol. The second-order valence-electron chi connectivity index (χ2n) is 3.97. The van der Waals surface area contributed by atoms with Crippen molar-refractivity contribution >= 4 is 0 Å². The van der Waals surface area contributed by atoms with E-state index in [-0.39, 0.29) is 5.82 Å². The molecule has 0 aliphatic heterocycles. The second kappa shape index (κ2) is 4.95. The van der Waals surface area contributed by atoms with Gasteiger partial charge < -0.3 is 4.74 Å². The van der Waals surface area contributed by atoms with Crippen LogP contribution in [0, 0.1) is 19.7 Å². The Morgan fingerprint density at radius 1 is 1.18 bits per heavy atom. The highest BCUT2D eigenvalue weighted by molar-refractivity contribution is 5.29. The Labute approximate surface area is 100 Å². The zero-order chi connectivity index (χ0) is 12.3. The van der Waals surface area contributed by atoms with Gasteiger partial charge >= 0.3 is 0 Å². The van der Waals surface area contributed by atoms with E-state index in [0.29, 0.717) is 17.9 Å². The van der Waals surface area contributed by atoms with Crippen molar-refractivity contribution in [1.82, 2.24) is 4.98 Å². The molecule has 17 heavy (non-hydrogen) atoms. The molecule has 0 fully saturated rings. The monoisotopic (exact) mass is 231 g/mol. The van der Waals surface area contributed by atoms with Gasteiger partial charge in [0.15, 0.2) is 0 Å². The summed E-state index contributed by atoms with van der Waals surface area (Å²) in [6, 6.07) is 10.5. The zero-order valence-corrected chi connectivity index (χ0v) is 9.90. The largest absolute Gasteiger partial charge is 0.487 e. The Balaban J connectivity index is 2.05. The lowest BCUT2D eigenvalue weighted by molar-refractivity contribution is 0.300.